The average Bonchev–Trinajstić information content (AvgIpc) is 2.18. The summed E-state index contributed by atoms with van der Waals surface area (Å²) in [7, 11) is 0. The van der Waals surface area contributed by atoms with Crippen LogP contribution in [-0.4, -0.2) is 12.5 Å². The van der Waals surface area contributed by atoms with E-state index in [1.165, 1.54) is 0 Å². The summed E-state index contributed by atoms with van der Waals surface area (Å²) < 4.78 is 0. The minimum absolute atomic E-state index is 0. The number of hydrogen-bond acceptors (Lipinski definition) is 3. The number of benzene rings is 1. The second kappa shape index (κ2) is 7.91. The number of halogens is 1. The summed E-state index contributed by atoms with van der Waals surface area (Å²) in [5, 5.41) is 0. The van der Waals surface area contributed by atoms with Crippen LogP contribution >= 0.6 is 12.4 Å². The van der Waals surface area contributed by atoms with Crippen molar-refractivity contribution in [2.45, 2.75) is 13.3 Å². The van der Waals surface area contributed by atoms with Gasteiger partial charge in [0.2, 0.25) is 0 Å². The van der Waals surface area contributed by atoms with E-state index in [4.69, 9.17) is 4.84 Å². The molecule has 16 heavy (non-hydrogen) atoms. The molecule has 0 atom stereocenters. The number of nitrogens with one attached hydrogen (secondary N) is 1. The van der Waals surface area contributed by atoms with Gasteiger partial charge in [0.1, 0.15) is 0 Å². The van der Waals surface area contributed by atoms with Gasteiger partial charge >= 0.3 is 5.97 Å². The lowest BCUT2D eigenvalue weighted by atomic mass is 10.2. The van der Waals surface area contributed by atoms with E-state index >= 15 is 0 Å². The van der Waals surface area contributed by atoms with E-state index in [9.17, 15) is 4.79 Å². The molecule has 0 saturated heterocycles. The third-order valence-corrected chi connectivity index (χ3v) is 1.75. The van der Waals surface area contributed by atoms with E-state index in [-0.39, 0.29) is 24.8 Å². The molecular weight excluding hydrogens is 226 g/mol. The van der Waals surface area contributed by atoms with E-state index < -0.39 is 0 Å². The first-order valence-electron chi connectivity index (χ1n) is 4.79. The Balaban J connectivity index is 0.00000225. The fraction of sp³-hybridized carbons (Fsp3) is 0.250. The SMILES string of the molecule is C=C(C)CNOC(=O)Cc1ccccc1.Cl. The van der Waals surface area contributed by atoms with E-state index in [0.717, 1.165) is 11.1 Å². The third-order valence-electron chi connectivity index (χ3n) is 1.75. The number of carbonyl (C=O) groups excluding carboxylic acids is 1. The summed E-state index contributed by atoms with van der Waals surface area (Å²) in [5.74, 6) is -0.289. The van der Waals surface area contributed by atoms with E-state index in [1.54, 1.807) is 0 Å². The highest BCUT2D eigenvalue weighted by atomic mass is 35.5. The summed E-state index contributed by atoms with van der Waals surface area (Å²) in [4.78, 5) is 16.1. The van der Waals surface area contributed by atoms with Crippen LogP contribution in [0.5, 0.6) is 0 Å². The molecule has 0 amide bonds. The Morgan fingerprint density at radius 1 is 1.38 bits per heavy atom. The number of rotatable bonds is 5. The molecule has 0 aliphatic rings. The molecule has 1 N–H and O–H groups in total. The van der Waals surface area contributed by atoms with Gasteiger partial charge in [0.25, 0.3) is 0 Å². The lowest BCUT2D eigenvalue weighted by Crippen LogP contribution is -2.22. The highest BCUT2D eigenvalue weighted by Crippen LogP contribution is 2.00. The molecule has 1 aromatic rings. The fourth-order valence-corrected chi connectivity index (χ4v) is 1.04. The van der Waals surface area contributed by atoms with Gasteiger partial charge < -0.3 is 4.84 Å². The molecule has 0 fully saturated rings. The second-order valence-corrected chi connectivity index (χ2v) is 3.41. The van der Waals surface area contributed by atoms with E-state index in [2.05, 4.69) is 12.1 Å². The van der Waals surface area contributed by atoms with Crippen molar-refractivity contribution in [3.63, 3.8) is 0 Å². The molecule has 0 aromatic heterocycles. The van der Waals surface area contributed by atoms with Gasteiger partial charge in [-0.15, -0.1) is 17.9 Å². The van der Waals surface area contributed by atoms with Crippen LogP contribution in [0, 0.1) is 0 Å². The average molecular weight is 242 g/mol. The van der Waals surface area contributed by atoms with Gasteiger partial charge in [0.15, 0.2) is 0 Å². The van der Waals surface area contributed by atoms with Gasteiger partial charge in [-0.3, -0.25) is 4.79 Å². The molecule has 0 spiro atoms. The summed E-state index contributed by atoms with van der Waals surface area (Å²) in [5.41, 5.74) is 4.42. The highest BCUT2D eigenvalue weighted by Gasteiger charge is 2.03. The molecule has 0 saturated carbocycles. The van der Waals surface area contributed by atoms with E-state index in [0.29, 0.717) is 6.54 Å². The Hall–Kier alpha value is -1.32. The normalized spacial score (nSPS) is 9.06. The van der Waals surface area contributed by atoms with Crippen LogP contribution < -0.4 is 5.48 Å². The van der Waals surface area contributed by atoms with Crippen LogP contribution in [0.2, 0.25) is 0 Å². The van der Waals surface area contributed by atoms with Gasteiger partial charge in [-0.25, -0.2) is 0 Å². The van der Waals surface area contributed by atoms with Crippen molar-refractivity contribution in [1.29, 1.82) is 0 Å². The maximum absolute atomic E-state index is 11.3. The maximum atomic E-state index is 11.3. The smallest absolute Gasteiger partial charge is 0.329 e. The van der Waals surface area contributed by atoms with Gasteiger partial charge in [0, 0.05) is 0 Å². The molecule has 0 aliphatic heterocycles. The predicted molar refractivity (Wildman–Crippen MR) is 66.3 cm³/mol. The van der Waals surface area contributed by atoms with Crippen molar-refractivity contribution < 1.29 is 9.63 Å². The predicted octanol–water partition coefficient (Wildman–Crippen LogP) is 2.27. The lowest BCUT2D eigenvalue weighted by molar-refractivity contribution is -0.149. The third kappa shape index (κ3) is 6.22. The minimum atomic E-state index is -0.289. The summed E-state index contributed by atoms with van der Waals surface area (Å²) in [6.07, 6.45) is 0.282. The fourth-order valence-electron chi connectivity index (χ4n) is 1.04. The number of hydrogen-bond donors (Lipinski definition) is 1. The maximum Gasteiger partial charge on any atom is 0.329 e. The Bertz CT molecular complexity index is 338. The number of hydroxylamine groups is 1. The van der Waals surface area contributed by atoms with Crippen LogP contribution in [0.15, 0.2) is 42.5 Å². The van der Waals surface area contributed by atoms with Crippen LogP contribution in [0.4, 0.5) is 0 Å². The molecule has 1 aromatic carbocycles. The van der Waals surface area contributed by atoms with Crippen molar-refractivity contribution >= 4 is 18.4 Å². The molecule has 0 heterocycles. The topological polar surface area (TPSA) is 38.3 Å². The summed E-state index contributed by atoms with van der Waals surface area (Å²) in [6, 6.07) is 9.47. The minimum Gasteiger partial charge on any atom is -0.370 e. The summed E-state index contributed by atoms with van der Waals surface area (Å²) >= 11 is 0. The standard InChI is InChI=1S/C12H15NO2.ClH/c1-10(2)9-13-15-12(14)8-11-6-4-3-5-7-11;/h3-7,13H,1,8-9H2,2H3;1H. The van der Waals surface area contributed by atoms with Crippen molar-refractivity contribution in [3.8, 4) is 0 Å². The molecule has 3 nitrogen and oxygen atoms in total. The summed E-state index contributed by atoms with van der Waals surface area (Å²) in [6.45, 7) is 6.03. The Labute approximate surface area is 102 Å². The largest absolute Gasteiger partial charge is 0.370 e. The molecule has 0 bridgehead atoms. The zero-order chi connectivity index (χ0) is 11.1. The number of carbonyl (C=O) groups is 1. The Kier molecular flexibility index (Phi) is 7.25. The quantitative estimate of drug-likeness (QED) is 0.635. The van der Waals surface area contributed by atoms with Crippen LogP contribution in [0.1, 0.15) is 12.5 Å². The van der Waals surface area contributed by atoms with Crippen molar-refractivity contribution in [1.82, 2.24) is 5.48 Å². The first kappa shape index (κ1) is 14.7. The van der Waals surface area contributed by atoms with Gasteiger partial charge in [-0.05, 0) is 12.5 Å². The Morgan fingerprint density at radius 3 is 2.56 bits per heavy atom. The van der Waals surface area contributed by atoms with Crippen molar-refractivity contribution in [2.24, 2.45) is 0 Å². The molecule has 4 heteroatoms. The zero-order valence-electron chi connectivity index (χ0n) is 9.23. The van der Waals surface area contributed by atoms with Crippen LogP contribution in [-0.2, 0) is 16.1 Å². The molecule has 88 valence electrons. The molecule has 0 unspecified atom stereocenters. The van der Waals surface area contributed by atoms with Gasteiger partial charge in [-0.2, -0.15) is 0 Å². The molecular formula is C12H16ClNO2. The van der Waals surface area contributed by atoms with Crippen LogP contribution in [0.3, 0.4) is 0 Å². The van der Waals surface area contributed by atoms with Crippen LogP contribution in [0.25, 0.3) is 0 Å². The zero-order valence-corrected chi connectivity index (χ0v) is 10.0. The van der Waals surface area contributed by atoms with E-state index in [1.807, 2.05) is 37.3 Å². The second-order valence-electron chi connectivity index (χ2n) is 3.41. The first-order valence-corrected chi connectivity index (χ1v) is 4.79. The Morgan fingerprint density at radius 2 is 2.00 bits per heavy atom. The lowest BCUT2D eigenvalue weighted by Gasteiger charge is -2.05. The van der Waals surface area contributed by atoms with Gasteiger partial charge in [-0.1, -0.05) is 42.5 Å². The molecule has 0 radical (unpaired) electrons. The van der Waals surface area contributed by atoms with Gasteiger partial charge in [0.05, 0.1) is 13.0 Å². The molecule has 0 aliphatic carbocycles. The van der Waals surface area contributed by atoms with Crippen molar-refractivity contribution in [3.05, 3.63) is 48.0 Å². The molecule has 1 rings (SSSR count). The monoisotopic (exact) mass is 241 g/mol. The van der Waals surface area contributed by atoms with Crippen molar-refractivity contribution in [2.75, 3.05) is 6.54 Å². The first-order chi connectivity index (χ1) is 7.18. The highest BCUT2D eigenvalue weighted by molar-refractivity contribution is 5.85.